The van der Waals surface area contributed by atoms with Crippen LogP contribution in [-0.4, -0.2) is 22.3 Å². The van der Waals surface area contributed by atoms with E-state index in [1.54, 1.807) is 12.2 Å². The zero-order valence-electron chi connectivity index (χ0n) is 13.0. The highest BCUT2D eigenvalue weighted by Crippen LogP contribution is 2.04. The maximum absolute atomic E-state index is 10.3. The van der Waals surface area contributed by atoms with Gasteiger partial charge < -0.3 is 10.2 Å². The zero-order chi connectivity index (χ0) is 15.8. The van der Waals surface area contributed by atoms with Crippen molar-refractivity contribution in [3.8, 4) is 0 Å². The second-order valence-corrected chi connectivity index (χ2v) is 5.02. The van der Waals surface area contributed by atoms with Crippen LogP contribution in [0, 0.1) is 0 Å². The fourth-order valence-electron chi connectivity index (χ4n) is 1.75. The topological polar surface area (TPSA) is 57.5 Å². The van der Waals surface area contributed by atoms with E-state index in [2.05, 4.69) is 12.7 Å². The van der Waals surface area contributed by atoms with Gasteiger partial charge in [-0.15, -0.1) is 5.73 Å². The quantitative estimate of drug-likeness (QED) is 0.318. The molecule has 0 heterocycles. The summed E-state index contributed by atoms with van der Waals surface area (Å²) in [6, 6.07) is 0. The van der Waals surface area contributed by atoms with E-state index in [0.717, 1.165) is 38.5 Å². The first-order chi connectivity index (χ1) is 10.2. The summed E-state index contributed by atoms with van der Waals surface area (Å²) in [7, 11) is 0. The van der Waals surface area contributed by atoms with Gasteiger partial charge in [0.15, 0.2) is 0 Å². The van der Waals surface area contributed by atoms with Gasteiger partial charge in [-0.2, -0.15) is 0 Å². The van der Waals surface area contributed by atoms with Gasteiger partial charge in [-0.1, -0.05) is 50.5 Å². The lowest BCUT2D eigenvalue weighted by Gasteiger charge is -2.02. The van der Waals surface area contributed by atoms with E-state index in [4.69, 9.17) is 5.11 Å². The molecule has 0 saturated heterocycles. The average molecular weight is 292 g/mol. The van der Waals surface area contributed by atoms with Crippen LogP contribution in [-0.2, 0) is 4.79 Å². The Balaban J connectivity index is 3.69. The fraction of sp³-hybridized carbons (Fsp3) is 0.556. The number of allylic oxidation sites excluding steroid dienone is 4. The third-order valence-electron chi connectivity index (χ3n) is 2.97. The van der Waals surface area contributed by atoms with Crippen LogP contribution in [0.3, 0.4) is 0 Å². The maximum Gasteiger partial charge on any atom is 0.303 e. The van der Waals surface area contributed by atoms with E-state index < -0.39 is 5.97 Å². The third-order valence-corrected chi connectivity index (χ3v) is 2.97. The van der Waals surface area contributed by atoms with Crippen LogP contribution in [0.1, 0.15) is 58.3 Å². The molecule has 2 N–H and O–H groups in total. The van der Waals surface area contributed by atoms with Crippen molar-refractivity contribution in [3.63, 3.8) is 0 Å². The van der Waals surface area contributed by atoms with Gasteiger partial charge in [-0.25, -0.2) is 0 Å². The van der Waals surface area contributed by atoms with Crippen LogP contribution in [0.25, 0.3) is 0 Å². The second-order valence-electron chi connectivity index (χ2n) is 5.02. The Morgan fingerprint density at radius 3 is 2.62 bits per heavy atom. The van der Waals surface area contributed by atoms with Crippen molar-refractivity contribution in [2.75, 3.05) is 0 Å². The molecule has 0 radical (unpaired) electrons. The van der Waals surface area contributed by atoms with Crippen molar-refractivity contribution in [2.24, 2.45) is 0 Å². The van der Waals surface area contributed by atoms with E-state index in [9.17, 15) is 9.90 Å². The predicted molar refractivity (Wildman–Crippen MR) is 87.2 cm³/mol. The Kier molecular flexibility index (Phi) is 13.7. The van der Waals surface area contributed by atoms with E-state index in [1.807, 2.05) is 24.3 Å². The molecular formula is C18H28O3. The van der Waals surface area contributed by atoms with Crippen molar-refractivity contribution in [1.82, 2.24) is 0 Å². The van der Waals surface area contributed by atoms with Gasteiger partial charge in [0.2, 0.25) is 0 Å². The van der Waals surface area contributed by atoms with Gasteiger partial charge in [-0.05, 0) is 37.8 Å². The highest BCUT2D eigenvalue weighted by molar-refractivity contribution is 5.66. The Morgan fingerprint density at radius 2 is 1.90 bits per heavy atom. The summed E-state index contributed by atoms with van der Waals surface area (Å²) in [4.78, 5) is 10.3. The molecule has 0 fully saturated rings. The van der Waals surface area contributed by atoms with Crippen molar-refractivity contribution in [2.45, 2.75) is 64.4 Å². The highest BCUT2D eigenvalue weighted by Gasteiger charge is 1.96. The summed E-state index contributed by atoms with van der Waals surface area (Å²) in [5.41, 5.74) is 2.99. The normalized spacial score (nSPS) is 12.5. The number of carboxylic acid groups (broad SMARTS) is 1. The van der Waals surface area contributed by atoms with E-state index in [0.29, 0.717) is 0 Å². The minimum Gasteiger partial charge on any atom is -0.481 e. The molecule has 0 aromatic carbocycles. The van der Waals surface area contributed by atoms with Crippen LogP contribution in [0.15, 0.2) is 42.2 Å². The molecule has 3 heteroatoms. The predicted octanol–water partition coefficient (Wildman–Crippen LogP) is 4.40. The fourth-order valence-corrected chi connectivity index (χ4v) is 1.75. The lowest BCUT2D eigenvalue weighted by molar-refractivity contribution is -0.137. The third kappa shape index (κ3) is 16.4. The number of carbonyl (C=O) groups is 1. The Bertz CT molecular complexity index is 374. The summed E-state index contributed by atoms with van der Waals surface area (Å²) < 4.78 is 0. The molecule has 0 aromatic heterocycles. The van der Waals surface area contributed by atoms with E-state index in [1.165, 1.54) is 6.42 Å². The number of carboxylic acids is 1. The molecule has 118 valence electrons. The number of hydrogen-bond acceptors (Lipinski definition) is 2. The largest absolute Gasteiger partial charge is 0.481 e. The molecule has 0 rings (SSSR count). The van der Waals surface area contributed by atoms with E-state index in [-0.39, 0.29) is 12.5 Å². The number of aliphatic hydroxyl groups excluding tert-OH is 1. The molecular weight excluding hydrogens is 264 g/mol. The first kappa shape index (κ1) is 19.4. The lowest BCUT2D eigenvalue weighted by Crippen LogP contribution is -2.00. The summed E-state index contributed by atoms with van der Waals surface area (Å²) in [6.45, 7) is 2.15. The minimum atomic E-state index is -0.731. The van der Waals surface area contributed by atoms with Crippen LogP contribution in [0.5, 0.6) is 0 Å². The van der Waals surface area contributed by atoms with Gasteiger partial charge in [0.05, 0.1) is 6.10 Å². The van der Waals surface area contributed by atoms with Gasteiger partial charge in [0.1, 0.15) is 0 Å². The Morgan fingerprint density at radius 1 is 1.14 bits per heavy atom. The molecule has 0 spiro atoms. The number of unbranched alkanes of at least 4 members (excludes halogenated alkanes) is 4. The Labute approximate surface area is 128 Å². The maximum atomic E-state index is 10.3. The van der Waals surface area contributed by atoms with Crippen LogP contribution >= 0.6 is 0 Å². The van der Waals surface area contributed by atoms with Gasteiger partial charge in [-0.3, -0.25) is 4.79 Å². The summed E-state index contributed by atoms with van der Waals surface area (Å²) in [5.74, 6) is -0.731. The number of hydrogen-bond donors (Lipinski definition) is 2. The zero-order valence-corrected chi connectivity index (χ0v) is 13.0. The average Bonchev–Trinajstić information content (AvgIpc) is 2.44. The Hall–Kier alpha value is -1.57. The summed E-state index contributed by atoms with van der Waals surface area (Å²) >= 11 is 0. The minimum absolute atomic E-state index is 0.245. The molecule has 0 aliphatic rings. The van der Waals surface area contributed by atoms with Gasteiger partial charge in [0, 0.05) is 6.42 Å². The van der Waals surface area contributed by atoms with E-state index >= 15 is 0 Å². The SMILES string of the molecule is CCCCCC(O)/C=C/C=C=C/C=C/CCCCC(=O)O. The van der Waals surface area contributed by atoms with Crippen molar-refractivity contribution >= 4 is 5.97 Å². The summed E-state index contributed by atoms with van der Waals surface area (Å²) in [5, 5.41) is 18.1. The molecule has 0 aliphatic heterocycles. The van der Waals surface area contributed by atoms with Gasteiger partial charge in [0.25, 0.3) is 0 Å². The number of aliphatic hydroxyl groups is 1. The van der Waals surface area contributed by atoms with Crippen molar-refractivity contribution in [1.29, 1.82) is 0 Å². The standard InChI is InChI=1S/C18H28O3/c1-2-3-11-14-17(19)15-12-9-7-5-4-6-8-10-13-16-18(20)21/h4-6,9,12,15,17,19H,2-3,8,10-11,13-14,16H2,1H3,(H,20,21)/b6-4+,15-12+. The second kappa shape index (κ2) is 14.8. The molecule has 0 aromatic rings. The van der Waals surface area contributed by atoms with Crippen molar-refractivity contribution in [3.05, 3.63) is 42.2 Å². The molecule has 21 heavy (non-hydrogen) atoms. The van der Waals surface area contributed by atoms with Crippen molar-refractivity contribution < 1.29 is 15.0 Å². The van der Waals surface area contributed by atoms with Gasteiger partial charge >= 0.3 is 5.97 Å². The van der Waals surface area contributed by atoms with Crippen LogP contribution < -0.4 is 0 Å². The molecule has 0 bridgehead atoms. The first-order valence-electron chi connectivity index (χ1n) is 7.81. The molecule has 3 nitrogen and oxygen atoms in total. The molecule has 0 saturated carbocycles. The summed E-state index contributed by atoms with van der Waals surface area (Å²) in [6.07, 6.45) is 17.7. The number of rotatable bonds is 12. The molecule has 0 aliphatic carbocycles. The lowest BCUT2D eigenvalue weighted by atomic mass is 10.1. The smallest absolute Gasteiger partial charge is 0.303 e. The number of aliphatic carboxylic acids is 1. The highest BCUT2D eigenvalue weighted by atomic mass is 16.4. The monoisotopic (exact) mass is 292 g/mol. The van der Waals surface area contributed by atoms with Crippen LogP contribution in [0.2, 0.25) is 0 Å². The van der Waals surface area contributed by atoms with Crippen LogP contribution in [0.4, 0.5) is 0 Å². The first-order valence-corrected chi connectivity index (χ1v) is 7.81. The molecule has 1 atom stereocenters. The molecule has 0 amide bonds. The molecule has 1 unspecified atom stereocenters.